The van der Waals surface area contributed by atoms with Crippen molar-refractivity contribution in [3.63, 3.8) is 0 Å². The zero-order valence-corrected chi connectivity index (χ0v) is 10.5. The van der Waals surface area contributed by atoms with Crippen LogP contribution in [0.4, 0.5) is 0 Å². The summed E-state index contributed by atoms with van der Waals surface area (Å²) in [6.45, 7) is 0. The first-order valence-electron chi connectivity index (χ1n) is 6.79. The van der Waals surface area contributed by atoms with Crippen LogP contribution in [-0.2, 0) is 0 Å². The van der Waals surface area contributed by atoms with Crippen LogP contribution in [0, 0.1) is 0 Å². The minimum absolute atomic E-state index is 0.0162. The van der Waals surface area contributed by atoms with E-state index in [4.69, 9.17) is 0 Å². The normalized spacial score (nSPS) is 28.9. The molecule has 0 unspecified atom stereocenters. The maximum atomic E-state index is 12.3. The second-order valence-corrected chi connectivity index (χ2v) is 5.54. The third-order valence-corrected chi connectivity index (χ3v) is 4.32. The van der Waals surface area contributed by atoms with Crippen LogP contribution >= 0.6 is 0 Å². The molecule has 0 radical (unpaired) electrons. The topological polar surface area (TPSA) is 69.8 Å². The van der Waals surface area contributed by atoms with Crippen LogP contribution in [0.3, 0.4) is 0 Å². The summed E-state index contributed by atoms with van der Waals surface area (Å²) < 4.78 is 0. The number of rotatable bonds is 2. The summed E-state index contributed by atoms with van der Waals surface area (Å²) >= 11 is 0. The van der Waals surface area contributed by atoms with Crippen molar-refractivity contribution in [1.82, 2.24) is 20.8 Å². The number of fused-ring (bicyclic) bond motifs is 3. The number of hydrogen-bond donors (Lipinski definition) is 3. The molecule has 3 heterocycles. The van der Waals surface area contributed by atoms with Crippen molar-refractivity contribution in [2.24, 2.45) is 0 Å². The summed E-state index contributed by atoms with van der Waals surface area (Å²) in [5.74, 6) is 0.0162. The van der Waals surface area contributed by atoms with Crippen molar-refractivity contribution in [3.05, 3.63) is 30.0 Å². The molecule has 3 atom stereocenters. The van der Waals surface area contributed by atoms with E-state index in [-0.39, 0.29) is 11.9 Å². The second-order valence-electron chi connectivity index (χ2n) is 5.54. The molecule has 1 aromatic heterocycles. The smallest absolute Gasteiger partial charge is 0.251 e. The summed E-state index contributed by atoms with van der Waals surface area (Å²) in [4.78, 5) is 12.3. The third-order valence-electron chi connectivity index (χ3n) is 4.32. The van der Waals surface area contributed by atoms with E-state index >= 15 is 0 Å². The van der Waals surface area contributed by atoms with E-state index in [1.54, 1.807) is 6.20 Å². The van der Waals surface area contributed by atoms with E-state index in [2.05, 4.69) is 20.8 Å². The van der Waals surface area contributed by atoms with Gasteiger partial charge in [0.05, 0.1) is 11.7 Å². The summed E-state index contributed by atoms with van der Waals surface area (Å²) in [7, 11) is 0. The molecule has 3 N–H and O–H groups in total. The Labute approximate surface area is 110 Å². The van der Waals surface area contributed by atoms with Crippen molar-refractivity contribution in [2.75, 3.05) is 0 Å². The summed E-state index contributed by atoms with van der Waals surface area (Å²) in [5.41, 5.74) is 1.66. The highest BCUT2D eigenvalue weighted by molar-refractivity contribution is 5.98. The third kappa shape index (κ3) is 1.81. The molecule has 0 saturated carbocycles. The average molecular weight is 256 g/mol. The fraction of sp³-hybridized carbons (Fsp3) is 0.429. The lowest BCUT2D eigenvalue weighted by atomic mass is 9.95. The van der Waals surface area contributed by atoms with Gasteiger partial charge in [-0.05, 0) is 37.5 Å². The molecule has 2 aliphatic rings. The number of nitrogens with one attached hydrogen (secondary N) is 3. The van der Waals surface area contributed by atoms with Crippen LogP contribution in [0.15, 0.2) is 24.4 Å². The van der Waals surface area contributed by atoms with E-state index in [0.717, 1.165) is 17.3 Å². The highest BCUT2D eigenvalue weighted by Gasteiger charge is 2.39. The molecule has 2 bridgehead atoms. The minimum atomic E-state index is 0.0162. The summed E-state index contributed by atoms with van der Waals surface area (Å²) in [5, 5.41) is 14.5. The van der Waals surface area contributed by atoms with E-state index in [9.17, 15) is 4.79 Å². The lowest BCUT2D eigenvalue weighted by Crippen LogP contribution is -2.42. The van der Waals surface area contributed by atoms with Gasteiger partial charge in [0, 0.05) is 29.1 Å². The van der Waals surface area contributed by atoms with E-state index in [1.807, 2.05) is 18.2 Å². The van der Waals surface area contributed by atoms with Gasteiger partial charge in [0.15, 0.2) is 0 Å². The SMILES string of the molecule is O=C(N[C@@H]1C[C@H]2CC[C@@H]1N2)c1ccc2[nH]ncc2c1. The Bertz CT molecular complexity index is 635. The number of carbonyl (C=O) groups excluding carboxylic acids is 1. The maximum absolute atomic E-state index is 12.3. The van der Waals surface area contributed by atoms with Gasteiger partial charge in [0.2, 0.25) is 0 Å². The van der Waals surface area contributed by atoms with E-state index in [1.165, 1.54) is 12.8 Å². The van der Waals surface area contributed by atoms with Crippen LogP contribution < -0.4 is 10.6 Å². The fourth-order valence-corrected chi connectivity index (χ4v) is 3.32. The number of aromatic nitrogens is 2. The largest absolute Gasteiger partial charge is 0.348 e. The number of aromatic amines is 1. The summed E-state index contributed by atoms with van der Waals surface area (Å²) in [6, 6.07) is 6.98. The Kier molecular flexibility index (Phi) is 2.35. The van der Waals surface area contributed by atoms with E-state index in [0.29, 0.717) is 17.6 Å². The van der Waals surface area contributed by atoms with Gasteiger partial charge in [-0.2, -0.15) is 5.10 Å². The number of carbonyl (C=O) groups is 1. The van der Waals surface area contributed by atoms with Gasteiger partial charge in [-0.3, -0.25) is 9.89 Å². The Balaban J connectivity index is 1.53. The Hall–Kier alpha value is -1.88. The minimum Gasteiger partial charge on any atom is -0.348 e. The maximum Gasteiger partial charge on any atom is 0.251 e. The molecule has 98 valence electrons. The Morgan fingerprint density at radius 2 is 2.32 bits per heavy atom. The monoisotopic (exact) mass is 256 g/mol. The van der Waals surface area contributed by atoms with Crippen molar-refractivity contribution >= 4 is 16.8 Å². The van der Waals surface area contributed by atoms with Gasteiger partial charge >= 0.3 is 0 Å². The highest BCUT2D eigenvalue weighted by Crippen LogP contribution is 2.28. The summed E-state index contributed by atoms with van der Waals surface area (Å²) in [6.07, 6.45) is 5.23. The zero-order chi connectivity index (χ0) is 12.8. The molecule has 4 rings (SSSR count). The number of H-pyrrole nitrogens is 1. The quantitative estimate of drug-likeness (QED) is 0.756. The average Bonchev–Trinajstić information content (AvgIpc) is 3.13. The van der Waals surface area contributed by atoms with Gasteiger partial charge in [-0.15, -0.1) is 0 Å². The van der Waals surface area contributed by atoms with Crippen LogP contribution in [-0.4, -0.2) is 34.2 Å². The first kappa shape index (κ1) is 11.0. The lowest BCUT2D eigenvalue weighted by molar-refractivity contribution is 0.0931. The molecular weight excluding hydrogens is 240 g/mol. The predicted octanol–water partition coefficient (Wildman–Crippen LogP) is 1.19. The van der Waals surface area contributed by atoms with Crippen molar-refractivity contribution in [1.29, 1.82) is 0 Å². The van der Waals surface area contributed by atoms with Gasteiger partial charge in [-0.1, -0.05) is 0 Å². The molecule has 1 aromatic carbocycles. The molecule has 19 heavy (non-hydrogen) atoms. The number of nitrogens with zero attached hydrogens (tertiary/aromatic N) is 1. The molecule has 0 spiro atoms. The Morgan fingerprint density at radius 1 is 1.37 bits per heavy atom. The number of benzene rings is 1. The molecule has 5 nitrogen and oxygen atoms in total. The van der Waals surface area contributed by atoms with Crippen LogP contribution in [0.5, 0.6) is 0 Å². The van der Waals surface area contributed by atoms with Crippen molar-refractivity contribution < 1.29 is 4.79 Å². The molecule has 1 amide bonds. The van der Waals surface area contributed by atoms with Gasteiger partial charge in [0.25, 0.3) is 5.91 Å². The highest BCUT2D eigenvalue weighted by atomic mass is 16.1. The molecular formula is C14H16N4O. The molecule has 2 aromatic rings. The van der Waals surface area contributed by atoms with Crippen LogP contribution in [0.25, 0.3) is 10.9 Å². The number of hydrogen-bond acceptors (Lipinski definition) is 3. The molecule has 2 saturated heterocycles. The second kappa shape index (κ2) is 4.06. The molecule has 2 aliphatic heterocycles. The van der Waals surface area contributed by atoms with Gasteiger partial charge in [-0.25, -0.2) is 0 Å². The first-order valence-corrected chi connectivity index (χ1v) is 6.79. The van der Waals surface area contributed by atoms with E-state index < -0.39 is 0 Å². The Morgan fingerprint density at radius 3 is 3.11 bits per heavy atom. The van der Waals surface area contributed by atoms with Crippen molar-refractivity contribution in [3.8, 4) is 0 Å². The lowest BCUT2D eigenvalue weighted by Gasteiger charge is -2.21. The van der Waals surface area contributed by atoms with Crippen molar-refractivity contribution in [2.45, 2.75) is 37.4 Å². The van der Waals surface area contributed by atoms with Gasteiger partial charge < -0.3 is 10.6 Å². The standard InChI is InChI=1S/C14H16N4O/c19-14(17-13-6-10-2-4-12(13)16-10)8-1-3-11-9(5-8)7-15-18-11/h1,3,5,7,10,12-13,16H,2,4,6H2,(H,15,18)(H,17,19)/t10-,12+,13-/m1/s1. The zero-order valence-electron chi connectivity index (χ0n) is 10.5. The fourth-order valence-electron chi connectivity index (χ4n) is 3.32. The molecule has 2 fully saturated rings. The molecule has 5 heteroatoms. The molecule has 0 aliphatic carbocycles. The van der Waals surface area contributed by atoms with Crippen LogP contribution in [0.1, 0.15) is 29.6 Å². The number of amides is 1. The predicted molar refractivity (Wildman–Crippen MR) is 71.9 cm³/mol. The first-order chi connectivity index (χ1) is 9.29. The van der Waals surface area contributed by atoms with Gasteiger partial charge in [0.1, 0.15) is 0 Å². The van der Waals surface area contributed by atoms with Crippen LogP contribution in [0.2, 0.25) is 0 Å².